The third-order valence-corrected chi connectivity index (χ3v) is 11.2. The highest BCUT2D eigenvalue weighted by Crippen LogP contribution is 2.69. The number of methoxy groups -OCH3 is 1. The maximum Gasteiger partial charge on any atom is 0.233 e. The number of hydrogen-bond acceptors (Lipinski definition) is 4. The number of rotatable bonds is 6. The Morgan fingerprint density at radius 2 is 1.86 bits per heavy atom. The second-order valence-corrected chi connectivity index (χ2v) is 12.2. The summed E-state index contributed by atoms with van der Waals surface area (Å²) in [6.45, 7) is 3.41. The Morgan fingerprint density at radius 1 is 1.03 bits per heavy atom. The van der Waals surface area contributed by atoms with E-state index in [-0.39, 0.29) is 35.6 Å². The summed E-state index contributed by atoms with van der Waals surface area (Å²) in [5.74, 6) is 4.85. The summed E-state index contributed by atoms with van der Waals surface area (Å²) in [6.07, 6.45) is 10.4. The van der Waals surface area contributed by atoms with Crippen LogP contribution in [-0.2, 0) is 16.0 Å². The molecular weight excluding hydrogens is 460 g/mol. The van der Waals surface area contributed by atoms with Crippen molar-refractivity contribution in [3.63, 3.8) is 0 Å². The molecule has 190 valence electrons. The molecule has 8 rings (SSSR count). The van der Waals surface area contributed by atoms with Gasteiger partial charge in [-0.2, -0.15) is 0 Å². The van der Waals surface area contributed by atoms with Crippen molar-refractivity contribution in [2.45, 2.75) is 63.7 Å². The molecule has 0 aromatic heterocycles. The summed E-state index contributed by atoms with van der Waals surface area (Å²) in [7, 11) is 1.80. The van der Waals surface area contributed by atoms with E-state index in [0.717, 1.165) is 49.9 Å². The second-order valence-electron chi connectivity index (χ2n) is 12.2. The lowest BCUT2D eigenvalue weighted by Gasteiger charge is -2.63. The normalized spacial score (nSPS) is 40.7. The van der Waals surface area contributed by atoms with Crippen LogP contribution in [0.1, 0.15) is 68.4 Å². The fourth-order valence-corrected chi connectivity index (χ4v) is 9.81. The number of nitrogens with zero attached hydrogens (tertiary/aromatic N) is 1. The van der Waals surface area contributed by atoms with E-state index in [1.807, 2.05) is 0 Å². The lowest BCUT2D eigenvalue weighted by atomic mass is 9.39. The molecule has 2 bridgehead atoms. The maximum absolute atomic E-state index is 13.3. The van der Waals surface area contributed by atoms with Gasteiger partial charge in [-0.15, -0.1) is 12.4 Å². The fraction of sp³-hybridized carbons (Fsp3) is 0.724. The number of imide groups is 1. The third-order valence-electron chi connectivity index (χ3n) is 11.2. The molecule has 35 heavy (non-hydrogen) atoms. The van der Waals surface area contributed by atoms with Crippen LogP contribution in [-0.4, -0.2) is 43.5 Å². The van der Waals surface area contributed by atoms with Gasteiger partial charge in [0.2, 0.25) is 11.8 Å². The number of benzene rings is 1. The van der Waals surface area contributed by atoms with E-state index in [4.69, 9.17) is 4.74 Å². The quantitative estimate of drug-likeness (QED) is 0.461. The number of carbonyl (C=O) groups excluding carboxylic acids is 2. The van der Waals surface area contributed by atoms with Crippen LogP contribution in [0.25, 0.3) is 0 Å². The fourth-order valence-electron chi connectivity index (χ4n) is 9.81. The predicted octanol–water partition coefficient (Wildman–Crippen LogP) is 4.57. The first kappa shape index (κ1) is 23.8. The minimum Gasteiger partial charge on any atom is -0.496 e. The van der Waals surface area contributed by atoms with E-state index >= 15 is 0 Å². The average molecular weight is 499 g/mol. The van der Waals surface area contributed by atoms with E-state index in [0.29, 0.717) is 23.7 Å². The van der Waals surface area contributed by atoms with E-state index in [2.05, 4.69) is 28.4 Å². The number of hydrogen-bond donors (Lipinski definition) is 1. The smallest absolute Gasteiger partial charge is 0.233 e. The molecule has 4 saturated carbocycles. The molecule has 1 N–H and O–H groups in total. The van der Waals surface area contributed by atoms with Gasteiger partial charge in [0, 0.05) is 24.6 Å². The van der Waals surface area contributed by atoms with Crippen LogP contribution in [0.2, 0.25) is 0 Å². The number of fused-ring (bicyclic) bond motifs is 4. The zero-order chi connectivity index (χ0) is 23.0. The number of amides is 2. The highest BCUT2D eigenvalue weighted by atomic mass is 35.5. The molecule has 2 saturated heterocycles. The van der Waals surface area contributed by atoms with Gasteiger partial charge in [-0.1, -0.05) is 18.6 Å². The van der Waals surface area contributed by atoms with Gasteiger partial charge in [0.1, 0.15) is 5.75 Å². The zero-order valence-electron chi connectivity index (χ0n) is 20.8. The van der Waals surface area contributed by atoms with Crippen molar-refractivity contribution >= 4 is 24.2 Å². The van der Waals surface area contributed by atoms with E-state index in [1.165, 1.54) is 56.2 Å². The number of unbranched alkanes of at least 4 members (excludes halogenated alkanes) is 1. The molecule has 1 aromatic carbocycles. The summed E-state index contributed by atoms with van der Waals surface area (Å²) in [5.41, 5.74) is 2.55. The van der Waals surface area contributed by atoms with Crippen molar-refractivity contribution in [3.8, 4) is 5.75 Å². The SMILES string of the molecule is COc1cccc2c1[C@@H]1CN(CCCCC34C(=O)NC(=O)C3C3CCC4C4CCC43)C[C@H]1CC2.Cl. The number of likely N-dealkylation sites (tertiary alicyclic amines) is 1. The van der Waals surface area contributed by atoms with Gasteiger partial charge >= 0.3 is 0 Å². The molecular formula is C29H39ClN2O3. The maximum atomic E-state index is 13.3. The third kappa shape index (κ3) is 3.29. The Morgan fingerprint density at radius 3 is 2.66 bits per heavy atom. The van der Waals surface area contributed by atoms with Gasteiger partial charge in [-0.25, -0.2) is 0 Å². The van der Waals surface area contributed by atoms with Crippen molar-refractivity contribution < 1.29 is 14.3 Å². The van der Waals surface area contributed by atoms with Crippen molar-refractivity contribution in [2.24, 2.45) is 40.9 Å². The van der Waals surface area contributed by atoms with Crippen LogP contribution in [0.15, 0.2) is 18.2 Å². The average Bonchev–Trinajstić information content (AvgIpc) is 3.35. The first-order chi connectivity index (χ1) is 16.6. The lowest BCUT2D eigenvalue weighted by Crippen LogP contribution is -2.62. The number of nitrogens with one attached hydrogen (secondary N) is 1. The van der Waals surface area contributed by atoms with E-state index < -0.39 is 0 Å². The number of halogens is 1. The molecule has 8 atom stereocenters. The highest BCUT2D eigenvalue weighted by molar-refractivity contribution is 6.08. The second kappa shape index (κ2) is 8.76. The zero-order valence-corrected chi connectivity index (χ0v) is 21.7. The Balaban J connectivity index is 0.00000229. The van der Waals surface area contributed by atoms with E-state index in [1.54, 1.807) is 7.11 Å². The van der Waals surface area contributed by atoms with Crippen LogP contribution in [0, 0.1) is 40.9 Å². The summed E-state index contributed by atoms with van der Waals surface area (Å²) in [5, 5.41) is 2.81. The van der Waals surface area contributed by atoms with Gasteiger partial charge < -0.3 is 9.64 Å². The number of aryl methyl sites for hydroxylation is 1. The monoisotopic (exact) mass is 498 g/mol. The minimum atomic E-state index is -0.382. The number of ether oxygens (including phenoxy) is 1. The summed E-state index contributed by atoms with van der Waals surface area (Å²) < 4.78 is 5.74. The Kier molecular flexibility index (Phi) is 5.95. The molecule has 6 heteroatoms. The Labute approximate surface area is 215 Å². The highest BCUT2D eigenvalue weighted by Gasteiger charge is 2.71. The first-order valence-electron chi connectivity index (χ1n) is 13.8. The molecule has 6 fully saturated rings. The van der Waals surface area contributed by atoms with Crippen LogP contribution in [0.4, 0.5) is 0 Å². The van der Waals surface area contributed by atoms with Crippen LogP contribution < -0.4 is 10.1 Å². The van der Waals surface area contributed by atoms with Crippen molar-refractivity contribution in [1.29, 1.82) is 0 Å². The van der Waals surface area contributed by atoms with Gasteiger partial charge in [0.25, 0.3) is 0 Å². The molecule has 7 aliphatic rings. The summed E-state index contributed by atoms with van der Waals surface area (Å²) in [4.78, 5) is 28.8. The van der Waals surface area contributed by atoms with E-state index in [9.17, 15) is 9.59 Å². The standard InChI is InChI=1S/C29H38N2O3.ClH/c1-34-24-6-4-5-17-7-8-18-15-31(16-22(18)25(17)24)14-3-2-13-29-23-12-11-21(19-9-10-20(19)23)26(29)27(32)30-28(29)33;/h4-6,18-23,26H,2-3,7-16H2,1H3,(H,30,32,33);1H/t18-,19?,20?,21?,22-,23?,26?,29?;/m1./s1. The summed E-state index contributed by atoms with van der Waals surface area (Å²) in [6, 6.07) is 6.54. The summed E-state index contributed by atoms with van der Waals surface area (Å²) >= 11 is 0. The first-order valence-corrected chi connectivity index (χ1v) is 13.8. The molecule has 0 spiro atoms. The largest absolute Gasteiger partial charge is 0.496 e. The van der Waals surface area contributed by atoms with Gasteiger partial charge in [-0.3, -0.25) is 14.9 Å². The van der Waals surface area contributed by atoms with Crippen molar-refractivity contribution in [3.05, 3.63) is 29.3 Å². The molecule has 6 unspecified atom stereocenters. The van der Waals surface area contributed by atoms with Crippen molar-refractivity contribution in [2.75, 3.05) is 26.7 Å². The lowest BCUT2D eigenvalue weighted by molar-refractivity contribution is -0.181. The Bertz CT molecular complexity index is 1010. The number of carbonyl (C=O) groups is 2. The molecule has 5 aliphatic carbocycles. The Hall–Kier alpha value is -1.59. The van der Waals surface area contributed by atoms with Gasteiger partial charge in [-0.05, 0) is 99.1 Å². The predicted molar refractivity (Wildman–Crippen MR) is 137 cm³/mol. The molecule has 2 heterocycles. The molecule has 2 aliphatic heterocycles. The van der Waals surface area contributed by atoms with Crippen molar-refractivity contribution in [1.82, 2.24) is 10.2 Å². The molecule has 5 nitrogen and oxygen atoms in total. The molecule has 0 radical (unpaired) electrons. The van der Waals surface area contributed by atoms with Gasteiger partial charge in [0.15, 0.2) is 0 Å². The van der Waals surface area contributed by atoms with Crippen LogP contribution in [0.5, 0.6) is 5.75 Å². The molecule has 1 aromatic rings. The minimum absolute atomic E-state index is 0. The van der Waals surface area contributed by atoms with Crippen LogP contribution in [0.3, 0.4) is 0 Å². The van der Waals surface area contributed by atoms with Gasteiger partial charge in [0.05, 0.1) is 18.4 Å². The topological polar surface area (TPSA) is 58.6 Å². The molecule has 2 amide bonds. The van der Waals surface area contributed by atoms with Crippen LogP contribution >= 0.6 is 12.4 Å².